The van der Waals surface area contributed by atoms with Gasteiger partial charge in [-0.25, -0.2) is 8.42 Å². The maximum absolute atomic E-state index is 10.9. The van der Waals surface area contributed by atoms with Crippen LogP contribution in [-0.2, 0) is 15.5 Å². The Morgan fingerprint density at radius 2 is 1.94 bits per heavy atom. The van der Waals surface area contributed by atoms with Crippen LogP contribution in [0.2, 0.25) is 0 Å². The number of hydrogen-bond acceptors (Lipinski definition) is 4. The molecule has 1 aromatic carbocycles. The van der Waals surface area contributed by atoms with E-state index in [1.165, 1.54) is 12.1 Å². The second-order valence-corrected chi connectivity index (χ2v) is 5.83. The van der Waals surface area contributed by atoms with Gasteiger partial charge in [0, 0.05) is 11.1 Å². The second-order valence-electron chi connectivity index (χ2n) is 4.46. The van der Waals surface area contributed by atoms with Crippen molar-refractivity contribution < 1.29 is 13.0 Å². The quantitative estimate of drug-likeness (QED) is 0.702. The summed E-state index contributed by atoms with van der Waals surface area (Å²) in [7, 11) is -4.39. The van der Waals surface area contributed by atoms with Gasteiger partial charge >= 0.3 is 0 Å². The average Bonchev–Trinajstić information content (AvgIpc) is 2.37. The summed E-state index contributed by atoms with van der Waals surface area (Å²) in [6.45, 7) is 5.81. The minimum Gasteiger partial charge on any atom is -0.744 e. The highest BCUT2D eigenvalue weighted by molar-refractivity contribution is 7.85. The molecule has 0 saturated heterocycles. The minimum atomic E-state index is -4.39. The molecule has 4 nitrogen and oxygen atoms in total. The smallest absolute Gasteiger partial charge is 0.124 e. The largest absolute Gasteiger partial charge is 0.744 e. The lowest BCUT2D eigenvalue weighted by Gasteiger charge is -2.20. The predicted molar refractivity (Wildman–Crippen MR) is 60.2 cm³/mol. The van der Waals surface area contributed by atoms with E-state index in [1.807, 2.05) is 20.8 Å². The molecule has 0 fully saturated rings. The van der Waals surface area contributed by atoms with Gasteiger partial charge in [-0.2, -0.15) is 0 Å². The van der Waals surface area contributed by atoms with E-state index in [-0.39, 0.29) is 10.3 Å². The van der Waals surface area contributed by atoms with Crippen LogP contribution >= 0.6 is 0 Å². The summed E-state index contributed by atoms with van der Waals surface area (Å²) in [4.78, 5) is 4.16. The fraction of sp³-hybridized carbons (Fsp3) is 0.364. The molecule has 0 bridgehead atoms. The fourth-order valence-corrected chi connectivity index (χ4v) is 2.28. The average molecular weight is 238 g/mol. The molecule has 0 atom stereocenters. The normalized spacial score (nSPS) is 18.1. The number of nitrogens with zero attached hydrogens (tertiary/aromatic N) is 1. The third kappa shape index (κ3) is 1.56. The van der Waals surface area contributed by atoms with Gasteiger partial charge in [-0.15, -0.1) is 0 Å². The monoisotopic (exact) mass is 238 g/mol. The summed E-state index contributed by atoms with van der Waals surface area (Å²) < 4.78 is 32.8. The number of benzene rings is 1. The number of fused-ring (bicyclic) bond motifs is 1. The van der Waals surface area contributed by atoms with Crippen LogP contribution in [0.15, 0.2) is 28.1 Å². The van der Waals surface area contributed by atoms with Crippen molar-refractivity contribution in [3.05, 3.63) is 23.8 Å². The molecule has 0 amide bonds. The summed E-state index contributed by atoms with van der Waals surface area (Å²) in [6.07, 6.45) is 0. The number of hydrogen-bond donors (Lipinski definition) is 0. The summed E-state index contributed by atoms with van der Waals surface area (Å²) in [5, 5.41) is 0. The van der Waals surface area contributed by atoms with Crippen LogP contribution < -0.4 is 0 Å². The summed E-state index contributed by atoms with van der Waals surface area (Å²) in [5.41, 5.74) is 2.15. The first-order valence-corrected chi connectivity index (χ1v) is 6.30. The van der Waals surface area contributed by atoms with Crippen molar-refractivity contribution in [2.24, 2.45) is 4.99 Å². The molecule has 86 valence electrons. The van der Waals surface area contributed by atoms with Gasteiger partial charge < -0.3 is 4.55 Å². The standard InChI is InChI=1S/C11H13NO3S/c1-7-11(2,3)9-6-8(16(13,14)15)4-5-10(9)12-7/h4-6H,1-3H3,(H,13,14,15)/p-1. The van der Waals surface area contributed by atoms with Crippen molar-refractivity contribution in [1.82, 2.24) is 0 Å². The molecule has 1 aliphatic heterocycles. The van der Waals surface area contributed by atoms with Gasteiger partial charge in [0.05, 0.1) is 10.6 Å². The van der Waals surface area contributed by atoms with Crippen LogP contribution in [-0.4, -0.2) is 18.7 Å². The Labute approximate surface area is 94.8 Å². The lowest BCUT2D eigenvalue weighted by molar-refractivity contribution is 0.463. The van der Waals surface area contributed by atoms with Crippen molar-refractivity contribution in [2.45, 2.75) is 31.1 Å². The first-order valence-electron chi connectivity index (χ1n) is 4.89. The lowest BCUT2D eigenvalue weighted by atomic mass is 9.82. The van der Waals surface area contributed by atoms with E-state index in [0.29, 0.717) is 0 Å². The molecule has 0 aliphatic carbocycles. The van der Waals surface area contributed by atoms with Crippen LogP contribution in [0.3, 0.4) is 0 Å². The molecule has 2 rings (SSSR count). The Morgan fingerprint density at radius 3 is 2.50 bits per heavy atom. The maximum Gasteiger partial charge on any atom is 0.124 e. The van der Waals surface area contributed by atoms with E-state index < -0.39 is 10.1 Å². The van der Waals surface area contributed by atoms with Gasteiger partial charge in [0.25, 0.3) is 0 Å². The van der Waals surface area contributed by atoms with Crippen LogP contribution in [0.1, 0.15) is 26.3 Å². The van der Waals surface area contributed by atoms with Gasteiger partial charge in [0.2, 0.25) is 0 Å². The Hall–Kier alpha value is -1.20. The topological polar surface area (TPSA) is 69.6 Å². The molecule has 0 unspecified atom stereocenters. The van der Waals surface area contributed by atoms with Crippen LogP contribution in [0.4, 0.5) is 5.69 Å². The molecule has 0 radical (unpaired) electrons. The SMILES string of the molecule is CC1=Nc2ccc(S(=O)(=O)[O-])cc2C1(C)C. The number of aliphatic imine (C=N–C) groups is 1. The van der Waals surface area contributed by atoms with E-state index in [1.54, 1.807) is 6.07 Å². The second kappa shape index (κ2) is 3.15. The Kier molecular flexibility index (Phi) is 2.22. The van der Waals surface area contributed by atoms with Gasteiger partial charge in [-0.3, -0.25) is 4.99 Å². The summed E-state index contributed by atoms with van der Waals surface area (Å²) in [6, 6.07) is 4.31. The van der Waals surface area contributed by atoms with Crippen molar-refractivity contribution in [3.63, 3.8) is 0 Å². The van der Waals surface area contributed by atoms with Gasteiger partial charge in [0.1, 0.15) is 10.1 Å². The molecular weight excluding hydrogens is 226 g/mol. The van der Waals surface area contributed by atoms with Crippen LogP contribution in [0, 0.1) is 0 Å². The van der Waals surface area contributed by atoms with Gasteiger partial charge in [0.15, 0.2) is 0 Å². The Morgan fingerprint density at radius 1 is 1.31 bits per heavy atom. The molecule has 1 aliphatic rings. The highest BCUT2D eigenvalue weighted by Gasteiger charge is 2.32. The van der Waals surface area contributed by atoms with Crippen molar-refractivity contribution in [2.75, 3.05) is 0 Å². The molecule has 0 N–H and O–H groups in total. The van der Waals surface area contributed by atoms with E-state index in [9.17, 15) is 13.0 Å². The van der Waals surface area contributed by atoms with Crippen molar-refractivity contribution >= 4 is 21.5 Å². The molecule has 5 heteroatoms. The van der Waals surface area contributed by atoms with Gasteiger partial charge in [-0.1, -0.05) is 13.8 Å². The first kappa shape index (κ1) is 11.3. The van der Waals surface area contributed by atoms with E-state index >= 15 is 0 Å². The number of rotatable bonds is 1. The fourth-order valence-electron chi connectivity index (χ4n) is 1.78. The molecule has 16 heavy (non-hydrogen) atoms. The van der Waals surface area contributed by atoms with E-state index in [4.69, 9.17) is 0 Å². The zero-order chi connectivity index (χ0) is 12.1. The van der Waals surface area contributed by atoms with E-state index in [2.05, 4.69) is 4.99 Å². The predicted octanol–water partition coefficient (Wildman–Crippen LogP) is 1.97. The Bertz CT molecular complexity index is 585. The highest BCUT2D eigenvalue weighted by Crippen LogP contribution is 2.40. The van der Waals surface area contributed by atoms with Crippen molar-refractivity contribution in [3.8, 4) is 0 Å². The first-order chi connectivity index (χ1) is 7.23. The molecule has 0 spiro atoms. The molecular formula is C11H12NO3S-. The maximum atomic E-state index is 10.9. The zero-order valence-corrected chi connectivity index (χ0v) is 10.1. The summed E-state index contributed by atoms with van der Waals surface area (Å²) >= 11 is 0. The lowest BCUT2D eigenvalue weighted by Crippen LogP contribution is -2.22. The van der Waals surface area contributed by atoms with Gasteiger partial charge in [-0.05, 0) is 30.7 Å². The minimum absolute atomic E-state index is 0.191. The molecule has 1 aromatic rings. The summed E-state index contributed by atoms with van der Waals surface area (Å²) in [5.74, 6) is 0. The van der Waals surface area contributed by atoms with Crippen LogP contribution in [0.25, 0.3) is 0 Å². The van der Waals surface area contributed by atoms with Crippen LogP contribution in [0.5, 0.6) is 0 Å². The molecule has 1 heterocycles. The molecule has 0 aromatic heterocycles. The molecule has 0 saturated carbocycles. The van der Waals surface area contributed by atoms with E-state index in [0.717, 1.165) is 17.0 Å². The third-order valence-electron chi connectivity index (χ3n) is 3.12. The highest BCUT2D eigenvalue weighted by atomic mass is 32.2. The van der Waals surface area contributed by atoms with Crippen molar-refractivity contribution in [1.29, 1.82) is 0 Å². The third-order valence-corrected chi connectivity index (χ3v) is 3.95. The Balaban J connectivity index is 2.66. The zero-order valence-electron chi connectivity index (χ0n) is 9.31.